The Bertz CT molecular complexity index is 896. The highest BCUT2D eigenvalue weighted by atomic mass is 31.2. The molecule has 0 aromatic rings. The van der Waals surface area contributed by atoms with Gasteiger partial charge in [-0.2, -0.15) is 0 Å². The molecular formula is C35H61O9P. The van der Waals surface area contributed by atoms with Gasteiger partial charge in [-0.1, -0.05) is 121 Å². The van der Waals surface area contributed by atoms with Crippen molar-refractivity contribution in [2.45, 2.75) is 161 Å². The molecular weight excluding hydrogens is 595 g/mol. The minimum Gasteiger partial charge on any atom is -0.462 e. The maximum absolute atomic E-state index is 12.3. The zero-order valence-corrected chi connectivity index (χ0v) is 28.8. The molecule has 1 heterocycles. The van der Waals surface area contributed by atoms with Crippen LogP contribution in [0.1, 0.15) is 142 Å². The molecule has 0 saturated carbocycles. The summed E-state index contributed by atoms with van der Waals surface area (Å²) in [5, 5.41) is 0. The number of carbonyl (C=O) groups excluding carboxylic acids is 2. The van der Waals surface area contributed by atoms with Crippen molar-refractivity contribution in [1.82, 2.24) is 0 Å². The first-order chi connectivity index (χ1) is 21.7. The molecule has 2 unspecified atom stereocenters. The Kier molecular flexibility index (Phi) is 25.1. The quantitative estimate of drug-likeness (QED) is 0.0256. The lowest BCUT2D eigenvalue weighted by atomic mass is 10.1. The second-order valence-corrected chi connectivity index (χ2v) is 13.1. The largest absolute Gasteiger partial charge is 0.469 e. The highest BCUT2D eigenvalue weighted by Gasteiger charge is 2.36. The summed E-state index contributed by atoms with van der Waals surface area (Å²) in [5.41, 5.74) is 0. The maximum atomic E-state index is 12.3. The Balaban J connectivity index is 2.14. The van der Waals surface area contributed by atoms with Crippen molar-refractivity contribution in [2.24, 2.45) is 0 Å². The van der Waals surface area contributed by atoms with Gasteiger partial charge in [-0.05, 0) is 44.9 Å². The van der Waals surface area contributed by atoms with Gasteiger partial charge in [0.05, 0.1) is 18.8 Å². The Hall–Kier alpha value is -1.77. The molecule has 0 aliphatic carbocycles. The summed E-state index contributed by atoms with van der Waals surface area (Å²) >= 11 is 0. The Morgan fingerprint density at radius 3 is 1.96 bits per heavy atom. The zero-order valence-electron chi connectivity index (χ0n) is 28.0. The van der Waals surface area contributed by atoms with Gasteiger partial charge in [0.1, 0.15) is 6.61 Å². The van der Waals surface area contributed by atoms with E-state index in [1.165, 1.54) is 57.8 Å². The molecule has 1 saturated heterocycles. The third-order valence-corrected chi connectivity index (χ3v) is 8.07. The number of rotatable bonds is 30. The molecule has 3 atom stereocenters. The van der Waals surface area contributed by atoms with E-state index in [0.717, 1.165) is 44.9 Å². The molecule has 1 rings (SSSR count). The normalized spacial score (nSPS) is 17.4. The van der Waals surface area contributed by atoms with Crippen molar-refractivity contribution in [2.75, 3.05) is 13.2 Å². The second kappa shape index (κ2) is 27.4. The van der Waals surface area contributed by atoms with E-state index in [9.17, 15) is 14.2 Å². The molecule has 45 heavy (non-hydrogen) atoms. The number of phosphoric acid groups is 1. The van der Waals surface area contributed by atoms with Gasteiger partial charge in [0.2, 0.25) is 0 Å². The van der Waals surface area contributed by atoms with Crippen molar-refractivity contribution in [3.8, 4) is 0 Å². The number of unbranched alkanes of at least 4 members (excludes halogenated alkanes) is 11. The molecule has 0 aromatic carbocycles. The lowest BCUT2D eigenvalue weighted by Gasteiger charge is -2.18. The Morgan fingerprint density at radius 2 is 1.29 bits per heavy atom. The molecule has 0 amide bonds. The third kappa shape index (κ3) is 27.1. The van der Waals surface area contributed by atoms with Crippen LogP contribution in [0.2, 0.25) is 0 Å². The smallest absolute Gasteiger partial charge is 0.462 e. The van der Waals surface area contributed by atoms with Crippen LogP contribution in [0.3, 0.4) is 0 Å². The van der Waals surface area contributed by atoms with Crippen molar-refractivity contribution in [1.29, 1.82) is 0 Å². The van der Waals surface area contributed by atoms with E-state index in [4.69, 9.17) is 24.0 Å². The van der Waals surface area contributed by atoms with Crippen molar-refractivity contribution in [3.05, 3.63) is 36.5 Å². The number of epoxide rings is 1. The fourth-order valence-electron chi connectivity index (χ4n) is 4.87. The minimum absolute atomic E-state index is 0.188. The zero-order chi connectivity index (χ0) is 33.0. The molecule has 9 nitrogen and oxygen atoms in total. The first-order valence-electron chi connectivity index (χ1n) is 17.4. The van der Waals surface area contributed by atoms with Crippen LogP contribution in [0.25, 0.3) is 0 Å². The number of phosphoric ester groups is 1. The van der Waals surface area contributed by atoms with Gasteiger partial charge in [0.15, 0.2) is 6.10 Å². The van der Waals surface area contributed by atoms with Crippen molar-refractivity contribution >= 4 is 19.8 Å². The Labute approximate surface area is 272 Å². The maximum Gasteiger partial charge on any atom is 0.469 e. The van der Waals surface area contributed by atoms with Crippen LogP contribution in [0, 0.1) is 0 Å². The molecule has 1 aliphatic heterocycles. The van der Waals surface area contributed by atoms with E-state index in [2.05, 4.69) is 48.8 Å². The van der Waals surface area contributed by atoms with E-state index < -0.39 is 32.5 Å². The fourth-order valence-corrected chi connectivity index (χ4v) is 5.23. The summed E-state index contributed by atoms with van der Waals surface area (Å²) in [7, 11) is -4.76. The number of ether oxygens (including phenoxy) is 3. The Morgan fingerprint density at radius 1 is 0.711 bits per heavy atom. The lowest BCUT2D eigenvalue weighted by molar-refractivity contribution is -0.161. The standard InChI is InChI=1S/C35H61O9P/c1-3-5-7-8-9-12-17-20-24-28-35(37)43-31(30-42-45(38,39)40)29-41-34(36)27-23-19-16-14-11-10-13-15-18-22-26-33-32(44-33)25-21-6-4-2/h10,13-14,16,18,22,31-33H,3-9,11-12,15,17,19-21,23-30H2,1-2H3,(H2,38,39,40)/b13-10-,16-14-,22-18-/t31-,32?,33?/m1/s1. The van der Waals surface area contributed by atoms with Crippen LogP contribution >= 0.6 is 7.82 Å². The SMILES string of the molecule is CCCCCCCCCCCC(=O)O[C@H](COC(=O)CCC/C=C\C/C=C\C/C=C\CC1OC1CCCCC)COP(=O)(O)O. The molecule has 260 valence electrons. The summed E-state index contributed by atoms with van der Waals surface area (Å²) < 4.78 is 31.8. The van der Waals surface area contributed by atoms with Crippen LogP contribution in [0.15, 0.2) is 36.5 Å². The number of hydrogen-bond acceptors (Lipinski definition) is 7. The molecule has 1 aliphatic rings. The highest BCUT2D eigenvalue weighted by molar-refractivity contribution is 7.46. The van der Waals surface area contributed by atoms with Crippen molar-refractivity contribution in [3.63, 3.8) is 0 Å². The van der Waals surface area contributed by atoms with Gasteiger partial charge in [0.25, 0.3) is 0 Å². The molecule has 1 fully saturated rings. The van der Waals surface area contributed by atoms with Crippen LogP contribution in [-0.4, -0.2) is 53.3 Å². The first kappa shape index (κ1) is 41.3. The number of esters is 2. The van der Waals surface area contributed by atoms with E-state index in [-0.39, 0.29) is 19.4 Å². The van der Waals surface area contributed by atoms with Crippen molar-refractivity contribution < 1.29 is 42.7 Å². The molecule has 0 radical (unpaired) electrons. The summed E-state index contributed by atoms with van der Waals surface area (Å²) in [5.74, 6) is -0.960. The van der Waals surface area contributed by atoms with Crippen LogP contribution < -0.4 is 0 Å². The predicted molar refractivity (Wildman–Crippen MR) is 179 cm³/mol. The molecule has 10 heteroatoms. The van der Waals surface area contributed by atoms with E-state index in [1.807, 2.05) is 6.08 Å². The number of carbonyl (C=O) groups is 2. The van der Waals surface area contributed by atoms with Crippen LogP contribution in [0.4, 0.5) is 0 Å². The molecule has 2 N–H and O–H groups in total. The predicted octanol–water partition coefficient (Wildman–Crippen LogP) is 8.83. The summed E-state index contributed by atoms with van der Waals surface area (Å²) in [6, 6.07) is 0. The van der Waals surface area contributed by atoms with Crippen LogP contribution in [-0.2, 0) is 32.9 Å². The monoisotopic (exact) mass is 656 g/mol. The topological polar surface area (TPSA) is 132 Å². The van der Waals surface area contributed by atoms with E-state index >= 15 is 0 Å². The number of hydrogen-bond donors (Lipinski definition) is 2. The highest BCUT2D eigenvalue weighted by Crippen LogP contribution is 2.36. The summed E-state index contributed by atoms with van der Waals surface area (Å²) in [6.45, 7) is 3.55. The van der Waals surface area contributed by atoms with Gasteiger partial charge in [-0.15, -0.1) is 0 Å². The first-order valence-corrected chi connectivity index (χ1v) is 18.9. The lowest BCUT2D eigenvalue weighted by Crippen LogP contribution is -2.29. The van der Waals surface area contributed by atoms with Gasteiger partial charge < -0.3 is 24.0 Å². The third-order valence-electron chi connectivity index (χ3n) is 7.59. The van der Waals surface area contributed by atoms with Gasteiger partial charge in [-0.3, -0.25) is 14.1 Å². The molecule has 0 bridgehead atoms. The number of allylic oxidation sites excluding steroid dienone is 5. The fraction of sp³-hybridized carbons (Fsp3) is 0.771. The van der Waals surface area contributed by atoms with Gasteiger partial charge in [-0.25, -0.2) is 4.57 Å². The van der Waals surface area contributed by atoms with E-state index in [0.29, 0.717) is 25.0 Å². The van der Waals surface area contributed by atoms with Crippen LogP contribution in [0.5, 0.6) is 0 Å². The van der Waals surface area contributed by atoms with E-state index in [1.54, 1.807) is 0 Å². The van der Waals surface area contributed by atoms with Gasteiger partial charge >= 0.3 is 19.8 Å². The molecule has 0 spiro atoms. The summed E-state index contributed by atoms with van der Waals surface area (Å²) in [6.07, 6.45) is 32.0. The minimum atomic E-state index is -4.76. The molecule has 0 aromatic heterocycles. The average molecular weight is 657 g/mol. The average Bonchev–Trinajstić information content (AvgIpc) is 3.75. The second-order valence-electron chi connectivity index (χ2n) is 11.9. The summed E-state index contributed by atoms with van der Waals surface area (Å²) in [4.78, 5) is 42.5. The van der Waals surface area contributed by atoms with Gasteiger partial charge in [0, 0.05) is 12.8 Å².